The van der Waals surface area contributed by atoms with Gasteiger partial charge >= 0.3 is 0 Å². The zero-order chi connectivity index (χ0) is 14.1. The second kappa shape index (κ2) is 5.33. The first kappa shape index (κ1) is 13.3. The summed E-state index contributed by atoms with van der Waals surface area (Å²) in [5.41, 5.74) is 8.91. The average molecular weight is 273 g/mol. The van der Waals surface area contributed by atoms with E-state index in [1.165, 1.54) is 37.0 Å². The maximum atomic E-state index is 13.3. The molecule has 1 nitrogen and oxygen atoms in total. The van der Waals surface area contributed by atoms with Crippen LogP contribution in [-0.4, -0.2) is 0 Å². The van der Waals surface area contributed by atoms with Crippen LogP contribution in [0.25, 0.3) is 0 Å². The topological polar surface area (TPSA) is 26.0 Å². The van der Waals surface area contributed by atoms with Gasteiger partial charge in [-0.2, -0.15) is 0 Å². The minimum absolute atomic E-state index is 0.481. The van der Waals surface area contributed by atoms with Crippen molar-refractivity contribution < 1.29 is 8.78 Å². The van der Waals surface area contributed by atoms with Crippen LogP contribution in [0.4, 0.5) is 8.78 Å². The zero-order valence-corrected chi connectivity index (χ0v) is 11.2. The van der Waals surface area contributed by atoms with Crippen LogP contribution in [0.3, 0.4) is 0 Å². The summed E-state index contributed by atoms with van der Waals surface area (Å²) in [6.45, 7) is 0. The van der Waals surface area contributed by atoms with Gasteiger partial charge in [0, 0.05) is 6.07 Å². The highest BCUT2D eigenvalue weighted by molar-refractivity contribution is 5.39. The van der Waals surface area contributed by atoms with Crippen LogP contribution in [0.5, 0.6) is 0 Å². The van der Waals surface area contributed by atoms with Gasteiger partial charge in [0.1, 0.15) is 11.6 Å². The summed E-state index contributed by atoms with van der Waals surface area (Å²) in [5.74, 6) is -0.635. The molecule has 3 rings (SSSR count). The van der Waals surface area contributed by atoms with E-state index in [9.17, 15) is 8.78 Å². The van der Waals surface area contributed by atoms with Crippen molar-refractivity contribution in [1.82, 2.24) is 0 Å². The number of hydrogen-bond acceptors (Lipinski definition) is 1. The minimum atomic E-state index is -0.587. The maximum Gasteiger partial charge on any atom is 0.126 e. The largest absolute Gasteiger partial charge is 0.320 e. The predicted octanol–water partition coefficient (Wildman–Crippen LogP) is 4.28. The highest BCUT2D eigenvalue weighted by atomic mass is 19.1. The quantitative estimate of drug-likeness (QED) is 0.887. The molecule has 0 spiro atoms. The third-order valence-electron chi connectivity index (χ3n) is 4.12. The van der Waals surface area contributed by atoms with Crippen LogP contribution in [0.15, 0.2) is 42.5 Å². The van der Waals surface area contributed by atoms with Crippen molar-refractivity contribution in [2.45, 2.75) is 31.2 Å². The normalized spacial score (nSPS) is 16.8. The Morgan fingerprint density at radius 1 is 1.00 bits per heavy atom. The molecule has 1 saturated carbocycles. The molecule has 0 radical (unpaired) electrons. The number of rotatable bonds is 3. The highest BCUT2D eigenvalue weighted by Crippen LogP contribution is 2.40. The van der Waals surface area contributed by atoms with Crippen LogP contribution in [0, 0.1) is 11.6 Å². The maximum absolute atomic E-state index is 13.3. The number of hydrogen-bond donors (Lipinski definition) is 1. The van der Waals surface area contributed by atoms with Crippen LogP contribution in [-0.2, 0) is 0 Å². The minimum Gasteiger partial charge on any atom is -0.320 e. The predicted molar refractivity (Wildman–Crippen MR) is 75.4 cm³/mol. The molecular formula is C17H17F2N. The van der Waals surface area contributed by atoms with E-state index in [1.54, 1.807) is 0 Å². The molecule has 1 atom stereocenters. The molecule has 0 bridgehead atoms. The SMILES string of the molecule is NC(c1cc(F)cc(F)c1)c1ccccc1C1CCC1. The lowest BCUT2D eigenvalue weighted by Crippen LogP contribution is -2.18. The summed E-state index contributed by atoms with van der Waals surface area (Å²) in [5, 5.41) is 0. The number of nitrogens with two attached hydrogens (primary N) is 1. The summed E-state index contributed by atoms with van der Waals surface area (Å²) >= 11 is 0. The van der Waals surface area contributed by atoms with E-state index in [2.05, 4.69) is 6.07 Å². The van der Waals surface area contributed by atoms with Gasteiger partial charge in [-0.1, -0.05) is 30.7 Å². The fraction of sp³-hybridized carbons (Fsp3) is 0.294. The molecule has 3 heteroatoms. The van der Waals surface area contributed by atoms with E-state index >= 15 is 0 Å². The van der Waals surface area contributed by atoms with E-state index in [0.29, 0.717) is 11.5 Å². The molecule has 1 unspecified atom stereocenters. The summed E-state index contributed by atoms with van der Waals surface area (Å²) < 4.78 is 26.7. The van der Waals surface area contributed by atoms with E-state index < -0.39 is 17.7 Å². The van der Waals surface area contributed by atoms with Gasteiger partial charge in [-0.3, -0.25) is 0 Å². The molecule has 0 saturated heterocycles. The molecule has 1 aliphatic carbocycles. The standard InChI is InChI=1S/C17H17F2N/c18-13-8-12(9-14(19)10-13)17(20)16-7-2-1-6-15(16)11-4-3-5-11/h1-2,6-11,17H,3-5,20H2. The molecule has 1 fully saturated rings. The van der Waals surface area contributed by atoms with Crippen molar-refractivity contribution in [3.05, 3.63) is 70.8 Å². The average Bonchev–Trinajstić information content (AvgIpc) is 2.35. The van der Waals surface area contributed by atoms with E-state index in [4.69, 9.17) is 5.73 Å². The smallest absolute Gasteiger partial charge is 0.126 e. The van der Waals surface area contributed by atoms with Gasteiger partial charge in [0.15, 0.2) is 0 Å². The first-order valence-electron chi connectivity index (χ1n) is 6.95. The Hall–Kier alpha value is -1.74. The Labute approximate surface area is 117 Å². The van der Waals surface area contributed by atoms with Gasteiger partial charge in [-0.25, -0.2) is 8.78 Å². The Kier molecular flexibility index (Phi) is 3.53. The van der Waals surface area contributed by atoms with Gasteiger partial charge < -0.3 is 5.73 Å². The Morgan fingerprint density at radius 3 is 2.25 bits per heavy atom. The van der Waals surface area contributed by atoms with Crippen molar-refractivity contribution in [3.63, 3.8) is 0 Å². The third kappa shape index (κ3) is 2.46. The highest BCUT2D eigenvalue weighted by Gasteiger charge is 2.24. The third-order valence-corrected chi connectivity index (χ3v) is 4.12. The van der Waals surface area contributed by atoms with Gasteiger partial charge in [-0.15, -0.1) is 0 Å². The number of halogens is 2. The van der Waals surface area contributed by atoms with Crippen LogP contribution >= 0.6 is 0 Å². The molecule has 0 heterocycles. The van der Waals surface area contributed by atoms with Crippen LogP contribution in [0.1, 0.15) is 47.9 Å². The fourth-order valence-corrected chi connectivity index (χ4v) is 2.82. The molecule has 1 aliphatic rings. The van der Waals surface area contributed by atoms with Gasteiger partial charge in [0.2, 0.25) is 0 Å². The molecule has 0 aliphatic heterocycles. The van der Waals surface area contributed by atoms with Crippen molar-refractivity contribution in [2.75, 3.05) is 0 Å². The van der Waals surface area contributed by atoms with E-state index in [-0.39, 0.29) is 0 Å². The van der Waals surface area contributed by atoms with Crippen molar-refractivity contribution >= 4 is 0 Å². The van der Waals surface area contributed by atoms with Crippen LogP contribution < -0.4 is 5.73 Å². The monoisotopic (exact) mass is 273 g/mol. The van der Waals surface area contributed by atoms with E-state index in [1.807, 2.05) is 18.2 Å². The molecule has 2 aromatic rings. The molecule has 0 aromatic heterocycles. The first-order chi connectivity index (χ1) is 9.65. The summed E-state index contributed by atoms with van der Waals surface area (Å²) in [6, 6.07) is 11.0. The van der Waals surface area contributed by atoms with Gasteiger partial charge in [0.25, 0.3) is 0 Å². The van der Waals surface area contributed by atoms with Crippen molar-refractivity contribution in [1.29, 1.82) is 0 Å². The van der Waals surface area contributed by atoms with Gasteiger partial charge in [0.05, 0.1) is 6.04 Å². The molecule has 104 valence electrons. The summed E-state index contributed by atoms with van der Waals surface area (Å²) in [4.78, 5) is 0. The molecule has 20 heavy (non-hydrogen) atoms. The molecule has 0 amide bonds. The second-order valence-corrected chi connectivity index (χ2v) is 5.44. The Morgan fingerprint density at radius 2 is 1.65 bits per heavy atom. The molecular weight excluding hydrogens is 256 g/mol. The number of benzene rings is 2. The Balaban J connectivity index is 1.99. The van der Waals surface area contributed by atoms with Crippen molar-refractivity contribution in [2.24, 2.45) is 5.73 Å². The van der Waals surface area contributed by atoms with Gasteiger partial charge in [-0.05, 0) is 47.6 Å². The Bertz CT molecular complexity index is 600. The summed E-state index contributed by atoms with van der Waals surface area (Å²) in [7, 11) is 0. The zero-order valence-electron chi connectivity index (χ0n) is 11.2. The lowest BCUT2D eigenvalue weighted by Gasteiger charge is -2.29. The lowest BCUT2D eigenvalue weighted by atomic mass is 9.76. The molecule has 2 N–H and O–H groups in total. The molecule has 2 aromatic carbocycles. The van der Waals surface area contributed by atoms with Crippen LogP contribution in [0.2, 0.25) is 0 Å². The second-order valence-electron chi connectivity index (χ2n) is 5.44. The first-order valence-corrected chi connectivity index (χ1v) is 6.95. The lowest BCUT2D eigenvalue weighted by molar-refractivity contribution is 0.416. The fourth-order valence-electron chi connectivity index (χ4n) is 2.82. The van der Waals surface area contributed by atoms with Crippen molar-refractivity contribution in [3.8, 4) is 0 Å². The van der Waals surface area contributed by atoms with E-state index in [0.717, 1.165) is 11.6 Å². The summed E-state index contributed by atoms with van der Waals surface area (Å²) in [6.07, 6.45) is 3.57.